The van der Waals surface area contributed by atoms with Crippen molar-refractivity contribution in [1.82, 2.24) is 19.9 Å². The number of aromatic carboxylic acids is 2. The summed E-state index contributed by atoms with van der Waals surface area (Å²) in [6, 6.07) is 14.5. The third-order valence-corrected chi connectivity index (χ3v) is 5.03. The summed E-state index contributed by atoms with van der Waals surface area (Å²) in [5.41, 5.74) is 2.41. The first-order valence-corrected chi connectivity index (χ1v) is 9.21. The number of rotatable bonds is 4. The van der Waals surface area contributed by atoms with Crippen molar-refractivity contribution in [3.63, 3.8) is 0 Å². The van der Waals surface area contributed by atoms with Crippen molar-refractivity contribution in [2.75, 3.05) is 0 Å². The number of aromatic hydroxyl groups is 1. The van der Waals surface area contributed by atoms with Gasteiger partial charge in [0.25, 0.3) is 0 Å². The summed E-state index contributed by atoms with van der Waals surface area (Å²) in [6.07, 6.45) is 0. The summed E-state index contributed by atoms with van der Waals surface area (Å²) >= 11 is 0. The van der Waals surface area contributed by atoms with Crippen LogP contribution in [-0.4, -0.2) is 47.2 Å². The van der Waals surface area contributed by atoms with E-state index in [9.17, 15) is 24.9 Å². The number of nitrogens with zero attached hydrogens (tertiary/aromatic N) is 2. The normalized spacial score (nSPS) is 11.2. The zero-order chi connectivity index (χ0) is 21.7. The van der Waals surface area contributed by atoms with E-state index < -0.39 is 11.9 Å². The van der Waals surface area contributed by atoms with Gasteiger partial charge in [0.05, 0.1) is 33.3 Å². The predicted molar refractivity (Wildman–Crippen MR) is 112 cm³/mol. The fourth-order valence-corrected chi connectivity index (χ4v) is 3.59. The van der Waals surface area contributed by atoms with Gasteiger partial charge in [-0.05, 0) is 36.4 Å². The minimum atomic E-state index is -1.10. The minimum absolute atomic E-state index is 0.0501. The number of aromatic amines is 2. The Balaban J connectivity index is 1.67. The van der Waals surface area contributed by atoms with Crippen molar-refractivity contribution >= 4 is 34.0 Å². The lowest BCUT2D eigenvalue weighted by atomic mass is 10.1. The number of carboxylic acids is 2. The van der Waals surface area contributed by atoms with Gasteiger partial charge in [0.15, 0.2) is 0 Å². The van der Waals surface area contributed by atoms with Gasteiger partial charge in [0.1, 0.15) is 28.4 Å². The predicted octanol–water partition coefficient (Wildman–Crippen LogP) is 3.88. The van der Waals surface area contributed by atoms with Crippen LogP contribution in [0.5, 0.6) is 5.75 Å². The lowest BCUT2D eigenvalue weighted by molar-refractivity contribution is 0.0688. The van der Waals surface area contributed by atoms with Crippen molar-refractivity contribution in [3.8, 4) is 28.5 Å². The van der Waals surface area contributed by atoms with Gasteiger partial charge in [-0.2, -0.15) is 0 Å². The Morgan fingerprint density at radius 3 is 1.52 bits per heavy atom. The Morgan fingerprint density at radius 1 is 0.677 bits per heavy atom. The number of nitrogens with one attached hydrogen (secondary N) is 2. The molecule has 0 radical (unpaired) electrons. The van der Waals surface area contributed by atoms with E-state index in [1.165, 1.54) is 12.1 Å². The summed E-state index contributed by atoms with van der Waals surface area (Å²) in [5.74, 6) is -1.73. The highest BCUT2D eigenvalue weighted by Crippen LogP contribution is 2.37. The van der Waals surface area contributed by atoms with Gasteiger partial charge in [0, 0.05) is 0 Å². The Kier molecular flexibility index (Phi) is 3.97. The zero-order valence-corrected chi connectivity index (χ0v) is 15.7. The Morgan fingerprint density at radius 2 is 1.10 bits per heavy atom. The molecule has 5 rings (SSSR count). The summed E-state index contributed by atoms with van der Waals surface area (Å²) in [4.78, 5) is 37.8. The number of hydrogen-bond acceptors (Lipinski definition) is 5. The van der Waals surface area contributed by atoms with Crippen molar-refractivity contribution in [3.05, 3.63) is 65.7 Å². The molecule has 31 heavy (non-hydrogen) atoms. The Bertz CT molecular complexity index is 1410. The molecule has 0 fully saturated rings. The largest absolute Gasteiger partial charge is 0.506 e. The van der Waals surface area contributed by atoms with Crippen LogP contribution in [-0.2, 0) is 0 Å². The van der Waals surface area contributed by atoms with Crippen molar-refractivity contribution in [2.24, 2.45) is 0 Å². The third kappa shape index (κ3) is 2.87. The summed E-state index contributed by atoms with van der Waals surface area (Å²) in [7, 11) is 0. The maximum atomic E-state index is 11.5. The van der Waals surface area contributed by atoms with E-state index in [0.29, 0.717) is 33.8 Å². The molecule has 0 aliphatic carbocycles. The molecule has 2 aromatic heterocycles. The molecule has 0 aliphatic heterocycles. The van der Waals surface area contributed by atoms with Gasteiger partial charge < -0.3 is 25.3 Å². The zero-order valence-electron chi connectivity index (χ0n) is 15.7. The standard InChI is InChI=1S/C22H14N4O5/c27-18-12(19-23-14-8-2-4-10(21(28)29)16(14)25-19)6-1-7-13(18)20-24-15-9-3-5-11(22(30)31)17(15)26-20/h1-9,27H,(H,23,25)(H,24,26)(H,28,29)(H,30,31). The number of hydrogen-bond donors (Lipinski definition) is 5. The highest BCUT2D eigenvalue weighted by Gasteiger charge is 2.19. The molecule has 9 nitrogen and oxygen atoms in total. The van der Waals surface area contributed by atoms with Crippen LogP contribution in [0.25, 0.3) is 44.8 Å². The number of phenolic OH excluding ortho intramolecular Hbond substituents is 1. The summed E-state index contributed by atoms with van der Waals surface area (Å²) < 4.78 is 0. The highest BCUT2D eigenvalue weighted by molar-refractivity contribution is 6.03. The van der Waals surface area contributed by atoms with E-state index >= 15 is 0 Å². The molecule has 0 bridgehead atoms. The number of carbonyl (C=O) groups is 2. The molecule has 2 heterocycles. The van der Waals surface area contributed by atoms with Crippen molar-refractivity contribution < 1.29 is 24.9 Å². The number of fused-ring (bicyclic) bond motifs is 2. The van der Waals surface area contributed by atoms with E-state index in [1.807, 2.05) is 0 Å². The summed E-state index contributed by atoms with van der Waals surface area (Å²) in [5, 5.41) is 29.7. The SMILES string of the molecule is O=C(O)c1cccc2[nH]c(-c3cccc(-c4nc5c(C(=O)O)cccc5[nH]4)c3O)nc12. The first kappa shape index (κ1) is 18.4. The maximum Gasteiger partial charge on any atom is 0.337 e. The molecule has 0 aliphatic rings. The monoisotopic (exact) mass is 414 g/mol. The molecule has 9 heteroatoms. The highest BCUT2D eigenvalue weighted by atomic mass is 16.4. The van der Waals surface area contributed by atoms with Gasteiger partial charge in [-0.3, -0.25) is 0 Å². The van der Waals surface area contributed by atoms with Crippen LogP contribution < -0.4 is 0 Å². The lowest BCUT2D eigenvalue weighted by Crippen LogP contribution is -1.96. The van der Waals surface area contributed by atoms with Crippen LogP contribution in [0, 0.1) is 0 Å². The molecule has 3 aromatic carbocycles. The fraction of sp³-hybridized carbons (Fsp3) is 0. The van der Waals surface area contributed by atoms with Gasteiger partial charge >= 0.3 is 11.9 Å². The molecule has 152 valence electrons. The van der Waals surface area contributed by atoms with Crippen LogP contribution in [0.2, 0.25) is 0 Å². The molecule has 5 aromatic rings. The number of benzene rings is 3. The number of carboxylic acid groups (broad SMARTS) is 2. The third-order valence-electron chi connectivity index (χ3n) is 5.03. The molecule has 0 saturated heterocycles. The smallest absolute Gasteiger partial charge is 0.337 e. The molecular weight excluding hydrogens is 400 g/mol. The molecule has 0 atom stereocenters. The second-order valence-corrected chi connectivity index (χ2v) is 6.89. The first-order chi connectivity index (χ1) is 14.9. The number of phenols is 1. The summed E-state index contributed by atoms with van der Waals surface area (Å²) in [6.45, 7) is 0. The lowest BCUT2D eigenvalue weighted by Gasteiger charge is -2.06. The molecule has 0 saturated carbocycles. The maximum absolute atomic E-state index is 11.5. The van der Waals surface area contributed by atoms with E-state index in [0.717, 1.165) is 0 Å². The van der Waals surface area contributed by atoms with E-state index in [4.69, 9.17) is 0 Å². The number of H-pyrrole nitrogens is 2. The quantitative estimate of drug-likeness (QED) is 0.299. The second kappa shape index (κ2) is 6.70. The Hall–Kier alpha value is -4.66. The van der Waals surface area contributed by atoms with Crippen molar-refractivity contribution in [1.29, 1.82) is 0 Å². The second-order valence-electron chi connectivity index (χ2n) is 6.89. The van der Waals surface area contributed by atoms with Crippen LogP contribution in [0.1, 0.15) is 20.7 Å². The van der Waals surface area contributed by atoms with E-state index in [2.05, 4.69) is 19.9 Å². The number of para-hydroxylation sites is 3. The molecule has 0 spiro atoms. The average molecular weight is 414 g/mol. The fourth-order valence-electron chi connectivity index (χ4n) is 3.59. The topological polar surface area (TPSA) is 152 Å². The van der Waals surface area contributed by atoms with Gasteiger partial charge in [-0.15, -0.1) is 0 Å². The van der Waals surface area contributed by atoms with E-state index in [-0.39, 0.29) is 27.9 Å². The van der Waals surface area contributed by atoms with Crippen LogP contribution in [0.3, 0.4) is 0 Å². The van der Waals surface area contributed by atoms with Crippen LogP contribution >= 0.6 is 0 Å². The number of aromatic nitrogens is 4. The van der Waals surface area contributed by atoms with Crippen molar-refractivity contribution in [2.45, 2.75) is 0 Å². The molecule has 5 N–H and O–H groups in total. The van der Waals surface area contributed by atoms with Gasteiger partial charge in [-0.1, -0.05) is 18.2 Å². The van der Waals surface area contributed by atoms with Crippen LogP contribution in [0.4, 0.5) is 0 Å². The Labute approximate surface area is 173 Å². The average Bonchev–Trinajstić information content (AvgIpc) is 3.37. The molecule has 0 unspecified atom stereocenters. The number of imidazole rings is 2. The van der Waals surface area contributed by atoms with Crippen LogP contribution in [0.15, 0.2) is 54.6 Å². The molecular formula is C22H14N4O5. The molecule has 0 amide bonds. The van der Waals surface area contributed by atoms with E-state index in [1.54, 1.807) is 42.5 Å². The minimum Gasteiger partial charge on any atom is -0.506 e. The first-order valence-electron chi connectivity index (χ1n) is 9.21. The van der Waals surface area contributed by atoms with Gasteiger partial charge in [0.2, 0.25) is 0 Å². The van der Waals surface area contributed by atoms with Gasteiger partial charge in [-0.25, -0.2) is 19.6 Å².